The standard InChI is InChI=1S/C17H25NO4S/c1-20-9-10-21-15-2-8-22-17(12-15)4-6-18(7-5-17)16(19)14-3-11-23-13-14/h3,11,13,15H,2,4-10,12H2,1H3. The van der Waals surface area contributed by atoms with Crippen LogP contribution in [0.1, 0.15) is 36.0 Å². The molecule has 2 fully saturated rings. The Labute approximate surface area is 141 Å². The molecule has 0 bridgehead atoms. The lowest BCUT2D eigenvalue weighted by Crippen LogP contribution is -2.52. The second kappa shape index (κ2) is 7.75. The Morgan fingerprint density at radius 3 is 2.96 bits per heavy atom. The molecule has 1 amide bonds. The maximum atomic E-state index is 12.4. The summed E-state index contributed by atoms with van der Waals surface area (Å²) in [6.07, 6.45) is 3.92. The predicted molar refractivity (Wildman–Crippen MR) is 89.0 cm³/mol. The monoisotopic (exact) mass is 339 g/mol. The van der Waals surface area contributed by atoms with Gasteiger partial charge in [-0.25, -0.2) is 0 Å². The van der Waals surface area contributed by atoms with Crippen molar-refractivity contribution in [2.75, 3.05) is 40.0 Å². The van der Waals surface area contributed by atoms with Gasteiger partial charge < -0.3 is 19.1 Å². The van der Waals surface area contributed by atoms with E-state index in [0.717, 1.165) is 50.9 Å². The summed E-state index contributed by atoms with van der Waals surface area (Å²) >= 11 is 1.56. The van der Waals surface area contributed by atoms with Gasteiger partial charge in [-0.3, -0.25) is 4.79 Å². The highest BCUT2D eigenvalue weighted by atomic mass is 32.1. The second-order valence-electron chi connectivity index (χ2n) is 6.31. The number of likely N-dealkylation sites (tertiary alicyclic amines) is 1. The smallest absolute Gasteiger partial charge is 0.254 e. The summed E-state index contributed by atoms with van der Waals surface area (Å²) in [7, 11) is 1.69. The molecule has 3 rings (SSSR count). The van der Waals surface area contributed by atoms with Gasteiger partial charge in [-0.1, -0.05) is 0 Å². The first-order valence-electron chi connectivity index (χ1n) is 8.28. The molecule has 0 aromatic carbocycles. The van der Waals surface area contributed by atoms with Crippen LogP contribution in [-0.4, -0.2) is 62.5 Å². The normalized spacial score (nSPS) is 24.0. The first-order valence-corrected chi connectivity index (χ1v) is 9.23. The first-order chi connectivity index (χ1) is 11.2. The highest BCUT2D eigenvalue weighted by Crippen LogP contribution is 2.36. The molecule has 1 unspecified atom stereocenters. The third-order valence-electron chi connectivity index (χ3n) is 4.82. The largest absolute Gasteiger partial charge is 0.382 e. The van der Waals surface area contributed by atoms with Crippen molar-refractivity contribution in [2.24, 2.45) is 0 Å². The quantitative estimate of drug-likeness (QED) is 0.774. The van der Waals surface area contributed by atoms with Crippen LogP contribution in [0.5, 0.6) is 0 Å². The Kier molecular flexibility index (Phi) is 5.69. The number of carbonyl (C=O) groups excluding carboxylic acids is 1. The van der Waals surface area contributed by atoms with E-state index < -0.39 is 0 Å². The number of ether oxygens (including phenoxy) is 3. The zero-order valence-electron chi connectivity index (χ0n) is 13.7. The summed E-state index contributed by atoms with van der Waals surface area (Å²) in [5, 5.41) is 3.87. The molecule has 1 spiro atoms. The molecule has 3 heterocycles. The number of hydrogen-bond acceptors (Lipinski definition) is 5. The molecule has 2 saturated heterocycles. The molecule has 1 aromatic rings. The molecule has 0 N–H and O–H groups in total. The van der Waals surface area contributed by atoms with Gasteiger partial charge in [-0.15, -0.1) is 0 Å². The molecule has 6 heteroatoms. The minimum Gasteiger partial charge on any atom is -0.382 e. The molecule has 2 aliphatic rings. The van der Waals surface area contributed by atoms with E-state index in [1.54, 1.807) is 18.4 Å². The summed E-state index contributed by atoms with van der Waals surface area (Å²) < 4.78 is 17.1. The van der Waals surface area contributed by atoms with Crippen LogP contribution < -0.4 is 0 Å². The number of carbonyl (C=O) groups is 1. The van der Waals surface area contributed by atoms with E-state index in [-0.39, 0.29) is 17.6 Å². The SMILES string of the molecule is COCCOC1CCOC2(CCN(C(=O)c3ccsc3)CC2)C1. The average molecular weight is 339 g/mol. The van der Waals surface area contributed by atoms with E-state index in [1.165, 1.54) is 0 Å². The molecule has 1 atom stereocenters. The second-order valence-corrected chi connectivity index (χ2v) is 7.09. The Hall–Kier alpha value is -0.950. The fourth-order valence-corrected chi connectivity index (χ4v) is 4.09. The number of piperidine rings is 1. The van der Waals surface area contributed by atoms with Crippen LogP contribution in [0.3, 0.4) is 0 Å². The number of rotatable bonds is 5. The molecule has 1 aromatic heterocycles. The highest BCUT2D eigenvalue weighted by Gasteiger charge is 2.41. The van der Waals surface area contributed by atoms with E-state index in [2.05, 4.69) is 0 Å². The molecule has 23 heavy (non-hydrogen) atoms. The van der Waals surface area contributed by atoms with Crippen molar-refractivity contribution < 1.29 is 19.0 Å². The van der Waals surface area contributed by atoms with E-state index in [9.17, 15) is 4.79 Å². The number of hydrogen-bond donors (Lipinski definition) is 0. The van der Waals surface area contributed by atoms with Crippen molar-refractivity contribution in [3.8, 4) is 0 Å². The number of amides is 1. The van der Waals surface area contributed by atoms with Crippen molar-refractivity contribution in [3.05, 3.63) is 22.4 Å². The lowest BCUT2D eigenvalue weighted by molar-refractivity contribution is -0.154. The van der Waals surface area contributed by atoms with Crippen LogP contribution in [0.4, 0.5) is 0 Å². The molecule has 0 saturated carbocycles. The summed E-state index contributed by atoms with van der Waals surface area (Å²) in [6, 6.07) is 1.90. The zero-order valence-corrected chi connectivity index (χ0v) is 14.5. The Morgan fingerprint density at radius 2 is 2.26 bits per heavy atom. The van der Waals surface area contributed by atoms with Crippen molar-refractivity contribution in [1.29, 1.82) is 0 Å². The number of nitrogens with zero attached hydrogens (tertiary/aromatic N) is 1. The minimum absolute atomic E-state index is 0.110. The highest BCUT2D eigenvalue weighted by molar-refractivity contribution is 7.08. The van der Waals surface area contributed by atoms with Crippen molar-refractivity contribution in [2.45, 2.75) is 37.4 Å². The number of methoxy groups -OCH3 is 1. The van der Waals surface area contributed by atoms with Gasteiger partial charge in [-0.05, 0) is 30.7 Å². The van der Waals surface area contributed by atoms with Crippen LogP contribution in [0.2, 0.25) is 0 Å². The van der Waals surface area contributed by atoms with Crippen LogP contribution in [-0.2, 0) is 14.2 Å². The topological polar surface area (TPSA) is 48.0 Å². The van der Waals surface area contributed by atoms with Crippen molar-refractivity contribution >= 4 is 17.2 Å². The fraction of sp³-hybridized carbons (Fsp3) is 0.706. The average Bonchev–Trinajstić information content (AvgIpc) is 3.10. The van der Waals surface area contributed by atoms with E-state index >= 15 is 0 Å². The Bertz CT molecular complexity index is 497. The maximum absolute atomic E-state index is 12.4. The molecular weight excluding hydrogens is 314 g/mol. The van der Waals surface area contributed by atoms with E-state index in [1.807, 2.05) is 21.7 Å². The molecule has 128 valence electrons. The van der Waals surface area contributed by atoms with Gasteiger partial charge in [0.05, 0.1) is 30.5 Å². The summed E-state index contributed by atoms with van der Waals surface area (Å²) in [5.41, 5.74) is 0.692. The number of thiophene rings is 1. The van der Waals surface area contributed by atoms with Gasteiger partial charge >= 0.3 is 0 Å². The summed E-state index contributed by atoms with van der Waals surface area (Å²) in [4.78, 5) is 14.4. The van der Waals surface area contributed by atoms with Crippen LogP contribution in [0, 0.1) is 0 Å². The van der Waals surface area contributed by atoms with Crippen molar-refractivity contribution in [3.63, 3.8) is 0 Å². The van der Waals surface area contributed by atoms with Crippen molar-refractivity contribution in [1.82, 2.24) is 4.90 Å². The predicted octanol–water partition coefficient (Wildman–Crippen LogP) is 2.56. The molecular formula is C17H25NO4S. The van der Waals surface area contributed by atoms with E-state index in [0.29, 0.717) is 13.2 Å². The van der Waals surface area contributed by atoms with Gasteiger partial charge in [0.2, 0.25) is 0 Å². The van der Waals surface area contributed by atoms with E-state index in [4.69, 9.17) is 14.2 Å². The molecule has 5 nitrogen and oxygen atoms in total. The van der Waals surface area contributed by atoms with Gasteiger partial charge in [0, 0.05) is 38.6 Å². The van der Waals surface area contributed by atoms with Gasteiger partial charge in [0.1, 0.15) is 0 Å². The molecule has 0 radical (unpaired) electrons. The van der Waals surface area contributed by atoms with Crippen LogP contribution in [0.15, 0.2) is 16.8 Å². The van der Waals surface area contributed by atoms with Crippen LogP contribution >= 0.6 is 11.3 Å². The molecule has 0 aliphatic carbocycles. The van der Waals surface area contributed by atoms with Gasteiger partial charge in [0.15, 0.2) is 0 Å². The minimum atomic E-state index is -0.110. The fourth-order valence-electron chi connectivity index (χ4n) is 3.46. The third-order valence-corrected chi connectivity index (χ3v) is 5.50. The van der Waals surface area contributed by atoms with Gasteiger partial charge in [-0.2, -0.15) is 11.3 Å². The summed E-state index contributed by atoms with van der Waals surface area (Å²) in [6.45, 7) is 3.54. The Morgan fingerprint density at radius 1 is 1.43 bits per heavy atom. The lowest BCUT2D eigenvalue weighted by Gasteiger charge is -2.46. The Balaban J connectivity index is 1.52. The third kappa shape index (κ3) is 4.12. The van der Waals surface area contributed by atoms with Gasteiger partial charge in [0.25, 0.3) is 5.91 Å². The first kappa shape index (κ1) is 16.9. The molecule has 2 aliphatic heterocycles. The maximum Gasteiger partial charge on any atom is 0.254 e. The van der Waals surface area contributed by atoms with Crippen LogP contribution in [0.25, 0.3) is 0 Å². The lowest BCUT2D eigenvalue weighted by atomic mass is 9.83. The zero-order chi connectivity index (χ0) is 16.1. The summed E-state index contributed by atoms with van der Waals surface area (Å²) in [5.74, 6) is 0.143.